The van der Waals surface area contributed by atoms with Gasteiger partial charge >= 0.3 is 0 Å². The number of rotatable bonds is 9. The summed E-state index contributed by atoms with van der Waals surface area (Å²) in [4.78, 5) is 45.1. The van der Waals surface area contributed by atoms with Crippen LogP contribution >= 0.6 is 0 Å². The number of anilines is 1. The van der Waals surface area contributed by atoms with Gasteiger partial charge in [-0.15, -0.1) is 0 Å². The zero-order chi connectivity index (χ0) is 27.0. The van der Waals surface area contributed by atoms with Gasteiger partial charge in [0.15, 0.2) is 0 Å². The van der Waals surface area contributed by atoms with E-state index in [4.69, 9.17) is 0 Å². The molecule has 5 fully saturated rings. The summed E-state index contributed by atoms with van der Waals surface area (Å²) in [6.07, 6.45) is 6.59. The third-order valence-electron chi connectivity index (χ3n) is 8.39. The quantitative estimate of drug-likeness (QED) is 0.452. The van der Waals surface area contributed by atoms with Gasteiger partial charge in [0.05, 0.1) is 17.7 Å². The molecule has 3 aliphatic heterocycles. The maximum atomic E-state index is 15.1. The van der Waals surface area contributed by atoms with Gasteiger partial charge in [0.2, 0.25) is 17.7 Å². The summed E-state index contributed by atoms with van der Waals surface area (Å²) in [6, 6.07) is 0.0408. The smallest absolute Gasteiger partial charge is 0.255 e. The zero-order valence-corrected chi connectivity index (χ0v) is 21.5. The Kier molecular flexibility index (Phi) is 7.25. The molecule has 2 bridgehead atoms. The molecule has 1 aromatic rings. The van der Waals surface area contributed by atoms with Crippen molar-refractivity contribution in [1.82, 2.24) is 20.5 Å². The van der Waals surface area contributed by atoms with Gasteiger partial charge in [0.25, 0.3) is 5.92 Å². The lowest BCUT2D eigenvalue weighted by Gasteiger charge is -2.54. The van der Waals surface area contributed by atoms with Crippen LogP contribution in [0, 0.1) is 36.0 Å². The molecule has 9 nitrogen and oxygen atoms in total. The number of carbonyl (C=O) groups excluding carboxylic acids is 3. The van der Waals surface area contributed by atoms with Gasteiger partial charge in [-0.3, -0.25) is 19.4 Å². The second kappa shape index (κ2) is 10.5. The first-order chi connectivity index (χ1) is 18.2. The fourth-order valence-electron chi connectivity index (χ4n) is 6.30. The number of nitrogens with one attached hydrogen (secondary N) is 3. The number of hydrogen-bond donors (Lipinski definition) is 3. The molecule has 11 heteroatoms. The van der Waals surface area contributed by atoms with Crippen molar-refractivity contribution in [3.63, 3.8) is 0 Å². The van der Waals surface area contributed by atoms with Gasteiger partial charge in [0.1, 0.15) is 18.1 Å². The van der Waals surface area contributed by atoms with Crippen molar-refractivity contribution >= 4 is 23.4 Å². The summed E-state index contributed by atoms with van der Waals surface area (Å²) in [5.74, 6) is -5.77. The Morgan fingerprint density at radius 1 is 1.24 bits per heavy atom. The van der Waals surface area contributed by atoms with Crippen molar-refractivity contribution in [2.24, 2.45) is 17.8 Å². The van der Waals surface area contributed by atoms with Crippen molar-refractivity contribution in [3.8, 4) is 6.07 Å². The van der Waals surface area contributed by atoms with Crippen LogP contribution in [0.4, 0.5) is 14.5 Å². The number of hydrogen-bond acceptors (Lipinski definition) is 6. The molecular weight excluding hydrogens is 494 g/mol. The van der Waals surface area contributed by atoms with E-state index in [0.29, 0.717) is 37.4 Å². The molecule has 204 valence electrons. The highest BCUT2D eigenvalue weighted by molar-refractivity contribution is 5.92. The summed E-state index contributed by atoms with van der Waals surface area (Å²) in [6.45, 7) is 2.39. The predicted octanol–water partition coefficient (Wildman–Crippen LogP) is 2.52. The number of nitriles is 1. The molecule has 2 aliphatic carbocycles. The van der Waals surface area contributed by atoms with Crippen LogP contribution in [-0.4, -0.2) is 64.2 Å². The van der Waals surface area contributed by atoms with E-state index in [1.807, 2.05) is 19.1 Å². The van der Waals surface area contributed by atoms with Gasteiger partial charge < -0.3 is 20.9 Å². The Bertz CT molecular complexity index is 1140. The minimum atomic E-state index is -3.09. The van der Waals surface area contributed by atoms with E-state index in [1.165, 1.54) is 4.90 Å². The van der Waals surface area contributed by atoms with Crippen LogP contribution < -0.4 is 16.0 Å². The van der Waals surface area contributed by atoms with Crippen LogP contribution in [0.1, 0.15) is 56.9 Å². The summed E-state index contributed by atoms with van der Waals surface area (Å²) in [5, 5.41) is 18.2. The third-order valence-corrected chi connectivity index (χ3v) is 8.39. The highest BCUT2D eigenvalue weighted by Gasteiger charge is 2.61. The first-order valence-electron chi connectivity index (χ1n) is 13.5. The van der Waals surface area contributed by atoms with Gasteiger partial charge in [-0.1, -0.05) is 12.8 Å². The average molecular weight is 529 g/mol. The van der Waals surface area contributed by atoms with Gasteiger partial charge in [-0.25, -0.2) is 8.78 Å². The molecule has 38 heavy (non-hydrogen) atoms. The van der Waals surface area contributed by atoms with E-state index < -0.39 is 54.3 Å². The Morgan fingerprint density at radius 3 is 2.66 bits per heavy atom. The molecule has 1 aromatic heterocycles. The third kappa shape index (κ3) is 5.45. The number of carbonyl (C=O) groups is 3. The van der Waals surface area contributed by atoms with Crippen LogP contribution in [0.2, 0.25) is 0 Å². The van der Waals surface area contributed by atoms with E-state index in [9.17, 15) is 19.6 Å². The fraction of sp³-hybridized carbons (Fsp3) is 0.667. The number of amides is 3. The standard InChI is InChI=1S/C27H34F2N6O3/c1-15-8-19(14-31-13-15)33-22(9-16-2-3-16)26(38)35-20-4-5-21(27(28,29)11-20)23(35)25(37)34-18(12-30)10-17-6-7-32-24(17)36/h8,13-14,16-18,20-23,33H,2-7,9-11H2,1H3,(H,32,36)(H,34,37)/t17-,18+,20+,21+,22+,23-/m0/s1. The first kappa shape index (κ1) is 26.3. The number of nitrogens with zero attached hydrogens (tertiary/aromatic N) is 3. The lowest BCUT2D eigenvalue weighted by atomic mass is 9.71. The second-order valence-corrected chi connectivity index (χ2v) is 11.3. The molecule has 0 aromatic carbocycles. The molecule has 3 amide bonds. The van der Waals surface area contributed by atoms with Gasteiger partial charge in [-0.05, 0) is 56.6 Å². The van der Waals surface area contributed by atoms with Gasteiger partial charge in [0, 0.05) is 37.3 Å². The van der Waals surface area contributed by atoms with Crippen molar-refractivity contribution < 1.29 is 23.2 Å². The van der Waals surface area contributed by atoms with Crippen LogP contribution in [0.5, 0.6) is 0 Å². The summed E-state index contributed by atoms with van der Waals surface area (Å²) >= 11 is 0. The highest BCUT2D eigenvalue weighted by atomic mass is 19.3. The Labute approximate surface area is 220 Å². The van der Waals surface area contributed by atoms with Crippen molar-refractivity contribution in [2.75, 3.05) is 11.9 Å². The lowest BCUT2D eigenvalue weighted by molar-refractivity contribution is -0.194. The SMILES string of the molecule is Cc1cncc(N[C@H](CC2CC2)C(=O)N2[C@@H]3CC[C@H]([C@H]2C(=O)N[C@@H](C#N)C[C@@H]2CCNC2=O)C(F)(F)C3)c1. The normalized spacial score (nSPS) is 29.2. The molecule has 2 saturated carbocycles. The largest absolute Gasteiger partial charge is 0.372 e. The zero-order valence-electron chi connectivity index (χ0n) is 21.5. The number of aromatic nitrogens is 1. The van der Waals surface area contributed by atoms with E-state index in [-0.39, 0.29) is 24.7 Å². The molecule has 5 aliphatic rings. The Morgan fingerprint density at radius 2 is 2.03 bits per heavy atom. The van der Waals surface area contributed by atoms with Gasteiger partial charge in [-0.2, -0.15) is 5.26 Å². The Hall–Kier alpha value is -3.29. The number of pyridine rings is 1. The number of aryl methyl sites for hydroxylation is 1. The van der Waals surface area contributed by atoms with E-state index in [2.05, 4.69) is 20.9 Å². The molecule has 3 saturated heterocycles. The molecule has 6 rings (SSSR count). The van der Waals surface area contributed by atoms with E-state index in [1.54, 1.807) is 12.4 Å². The summed E-state index contributed by atoms with van der Waals surface area (Å²) < 4.78 is 30.2. The lowest BCUT2D eigenvalue weighted by Crippen LogP contribution is -2.70. The van der Waals surface area contributed by atoms with E-state index in [0.717, 1.165) is 18.4 Å². The summed E-state index contributed by atoms with van der Waals surface area (Å²) in [7, 11) is 0. The second-order valence-electron chi connectivity index (χ2n) is 11.3. The first-order valence-corrected chi connectivity index (χ1v) is 13.5. The van der Waals surface area contributed by atoms with Crippen LogP contribution in [-0.2, 0) is 14.4 Å². The molecule has 3 N–H and O–H groups in total. The monoisotopic (exact) mass is 528 g/mol. The molecule has 6 atom stereocenters. The molecule has 0 unspecified atom stereocenters. The average Bonchev–Trinajstić information content (AvgIpc) is 3.61. The topological polar surface area (TPSA) is 127 Å². The Balaban J connectivity index is 1.38. The number of piperidine rings is 2. The molecular formula is C27H34F2N6O3. The molecule has 4 heterocycles. The molecule has 0 spiro atoms. The van der Waals surface area contributed by atoms with Crippen LogP contribution in [0.15, 0.2) is 18.5 Å². The maximum Gasteiger partial charge on any atom is 0.255 e. The number of halogens is 2. The van der Waals surface area contributed by atoms with Crippen LogP contribution in [0.3, 0.4) is 0 Å². The highest BCUT2D eigenvalue weighted by Crippen LogP contribution is 2.49. The molecule has 0 radical (unpaired) electrons. The van der Waals surface area contributed by atoms with E-state index >= 15 is 8.78 Å². The van der Waals surface area contributed by atoms with Crippen molar-refractivity contribution in [2.45, 2.75) is 88.4 Å². The number of fused-ring (bicyclic) bond motifs is 3. The maximum absolute atomic E-state index is 15.1. The number of alkyl halides is 2. The summed E-state index contributed by atoms with van der Waals surface area (Å²) in [5.41, 5.74) is 1.58. The van der Waals surface area contributed by atoms with Crippen molar-refractivity contribution in [1.29, 1.82) is 5.26 Å². The van der Waals surface area contributed by atoms with Crippen LogP contribution in [0.25, 0.3) is 0 Å². The minimum Gasteiger partial charge on any atom is -0.372 e. The van der Waals surface area contributed by atoms with Crippen molar-refractivity contribution in [3.05, 3.63) is 24.0 Å². The fourth-order valence-corrected chi connectivity index (χ4v) is 6.30. The predicted molar refractivity (Wildman–Crippen MR) is 134 cm³/mol. The minimum absolute atomic E-state index is 0.103.